The summed E-state index contributed by atoms with van der Waals surface area (Å²) in [5.41, 5.74) is 1.53. The summed E-state index contributed by atoms with van der Waals surface area (Å²) < 4.78 is 5.12. The number of carboxylic acids is 1. The molecule has 1 rings (SSSR count). The lowest BCUT2D eigenvalue weighted by Gasteiger charge is -2.07. The van der Waals surface area contributed by atoms with E-state index in [9.17, 15) is 9.59 Å². The molecule has 0 unspecified atom stereocenters. The van der Waals surface area contributed by atoms with Crippen LogP contribution in [0.2, 0.25) is 0 Å². The molecule has 1 aromatic rings. The predicted octanol–water partition coefficient (Wildman–Crippen LogP) is 2.62. The highest BCUT2D eigenvalue weighted by Crippen LogP contribution is 2.21. The Morgan fingerprint density at radius 1 is 1.42 bits per heavy atom. The fraction of sp³-hybridized carbons (Fsp3) is 0.286. The van der Waals surface area contributed by atoms with Gasteiger partial charge in [0.15, 0.2) is 5.12 Å². The lowest BCUT2D eigenvalue weighted by Crippen LogP contribution is -2.02. The molecule has 0 spiro atoms. The maximum absolute atomic E-state index is 10.8. The van der Waals surface area contributed by atoms with Gasteiger partial charge in [0.25, 0.3) is 0 Å². The number of hydrogen-bond acceptors (Lipinski definition) is 4. The second-order valence-electron chi connectivity index (χ2n) is 3.85. The molecular weight excluding hydrogens is 264 g/mol. The Labute approximate surface area is 116 Å². The number of hydrogen-bond donors (Lipinski definition) is 1. The van der Waals surface area contributed by atoms with E-state index in [0.29, 0.717) is 17.1 Å². The van der Waals surface area contributed by atoms with E-state index in [0.717, 1.165) is 5.56 Å². The quantitative estimate of drug-likeness (QED) is 0.867. The largest absolute Gasteiger partial charge is 0.496 e. The lowest BCUT2D eigenvalue weighted by atomic mass is 10.1. The van der Waals surface area contributed by atoms with E-state index in [1.165, 1.54) is 25.8 Å². The molecule has 0 aliphatic carbocycles. The Morgan fingerprint density at radius 3 is 2.74 bits per heavy atom. The summed E-state index contributed by atoms with van der Waals surface area (Å²) in [4.78, 5) is 21.5. The topological polar surface area (TPSA) is 63.6 Å². The molecule has 0 aliphatic rings. The van der Waals surface area contributed by atoms with E-state index in [1.54, 1.807) is 12.1 Å². The van der Waals surface area contributed by atoms with Crippen molar-refractivity contribution in [2.75, 3.05) is 12.9 Å². The number of carboxylic acid groups (broad SMARTS) is 1. The summed E-state index contributed by atoms with van der Waals surface area (Å²) in [7, 11) is 1.51. The number of aliphatic carboxylic acids is 1. The molecule has 0 fully saturated rings. The predicted molar refractivity (Wildman–Crippen MR) is 76.5 cm³/mol. The molecule has 0 aliphatic heterocycles. The van der Waals surface area contributed by atoms with Gasteiger partial charge in [-0.05, 0) is 17.7 Å². The monoisotopic (exact) mass is 280 g/mol. The zero-order valence-corrected chi connectivity index (χ0v) is 11.7. The van der Waals surface area contributed by atoms with Crippen molar-refractivity contribution in [3.63, 3.8) is 0 Å². The number of methoxy groups -OCH3 is 1. The van der Waals surface area contributed by atoms with Crippen LogP contribution in [0, 0.1) is 0 Å². The summed E-state index contributed by atoms with van der Waals surface area (Å²) in [6.07, 6.45) is 3.66. The van der Waals surface area contributed by atoms with Gasteiger partial charge in [-0.3, -0.25) is 9.59 Å². The molecule has 19 heavy (non-hydrogen) atoms. The first-order valence-electron chi connectivity index (χ1n) is 5.71. The van der Waals surface area contributed by atoms with Gasteiger partial charge < -0.3 is 9.84 Å². The van der Waals surface area contributed by atoms with Gasteiger partial charge in [0.1, 0.15) is 5.75 Å². The van der Waals surface area contributed by atoms with Crippen LogP contribution in [0.1, 0.15) is 18.1 Å². The van der Waals surface area contributed by atoms with Crippen LogP contribution in [0.3, 0.4) is 0 Å². The molecule has 0 saturated heterocycles. The third-order valence-electron chi connectivity index (χ3n) is 2.34. The molecule has 0 amide bonds. The third kappa shape index (κ3) is 5.61. The molecule has 0 saturated carbocycles. The number of ether oxygens (including phenoxy) is 1. The SMILES string of the molecule is COc1ccc(C=CCSC(C)=O)cc1CC(=O)O. The number of carbonyl (C=O) groups is 2. The zero-order chi connectivity index (χ0) is 14.3. The summed E-state index contributed by atoms with van der Waals surface area (Å²) in [5.74, 6) is 0.277. The Bertz CT molecular complexity index is 494. The van der Waals surface area contributed by atoms with Crippen LogP contribution < -0.4 is 4.74 Å². The minimum Gasteiger partial charge on any atom is -0.496 e. The maximum atomic E-state index is 10.8. The Morgan fingerprint density at radius 2 is 2.16 bits per heavy atom. The summed E-state index contributed by atoms with van der Waals surface area (Å²) in [6, 6.07) is 5.37. The van der Waals surface area contributed by atoms with Gasteiger partial charge in [0, 0.05) is 18.2 Å². The van der Waals surface area contributed by atoms with Crippen LogP contribution in [0.4, 0.5) is 0 Å². The van der Waals surface area contributed by atoms with Crippen molar-refractivity contribution in [3.8, 4) is 5.75 Å². The van der Waals surface area contributed by atoms with E-state index in [4.69, 9.17) is 9.84 Å². The molecule has 4 nitrogen and oxygen atoms in total. The first-order valence-corrected chi connectivity index (χ1v) is 6.70. The van der Waals surface area contributed by atoms with Crippen molar-refractivity contribution in [2.24, 2.45) is 0 Å². The fourth-order valence-corrected chi connectivity index (χ4v) is 1.98. The molecule has 1 aromatic carbocycles. The normalized spacial score (nSPS) is 10.6. The van der Waals surface area contributed by atoms with E-state index in [2.05, 4.69) is 0 Å². The Kier molecular flexibility index (Phi) is 6.15. The average Bonchev–Trinajstić information content (AvgIpc) is 2.34. The van der Waals surface area contributed by atoms with Gasteiger partial charge in [0.05, 0.1) is 13.5 Å². The van der Waals surface area contributed by atoms with Crippen molar-refractivity contribution < 1.29 is 19.4 Å². The highest BCUT2D eigenvalue weighted by molar-refractivity contribution is 8.13. The average molecular weight is 280 g/mol. The van der Waals surface area contributed by atoms with Gasteiger partial charge in [0.2, 0.25) is 0 Å². The molecule has 0 atom stereocenters. The molecule has 0 bridgehead atoms. The summed E-state index contributed by atoms with van der Waals surface area (Å²) >= 11 is 1.23. The number of rotatable bonds is 6. The summed E-state index contributed by atoms with van der Waals surface area (Å²) in [5, 5.41) is 8.91. The number of benzene rings is 1. The van der Waals surface area contributed by atoms with Crippen LogP contribution in [-0.2, 0) is 16.0 Å². The lowest BCUT2D eigenvalue weighted by molar-refractivity contribution is -0.136. The van der Waals surface area contributed by atoms with Crippen molar-refractivity contribution in [3.05, 3.63) is 35.4 Å². The Hall–Kier alpha value is -1.75. The van der Waals surface area contributed by atoms with E-state index < -0.39 is 5.97 Å². The van der Waals surface area contributed by atoms with Gasteiger partial charge in [-0.1, -0.05) is 30.0 Å². The Balaban J connectivity index is 2.79. The first-order chi connectivity index (χ1) is 9.02. The van der Waals surface area contributed by atoms with Crippen LogP contribution in [0.5, 0.6) is 5.75 Å². The fourth-order valence-electron chi connectivity index (χ4n) is 1.55. The van der Waals surface area contributed by atoms with E-state index in [1.807, 2.05) is 18.2 Å². The minimum absolute atomic E-state index is 0.0750. The molecule has 5 heteroatoms. The van der Waals surface area contributed by atoms with Crippen LogP contribution in [-0.4, -0.2) is 29.1 Å². The number of thioether (sulfide) groups is 1. The molecular formula is C14H16O4S. The molecule has 0 radical (unpaired) electrons. The van der Waals surface area contributed by atoms with Gasteiger partial charge in [-0.15, -0.1) is 0 Å². The maximum Gasteiger partial charge on any atom is 0.307 e. The standard InChI is InChI=1S/C14H16O4S/c1-10(15)19-7-3-4-11-5-6-13(18-2)12(8-11)9-14(16)17/h3-6,8H,7,9H2,1-2H3,(H,16,17). The second kappa shape index (κ2) is 7.63. The van der Waals surface area contributed by atoms with E-state index >= 15 is 0 Å². The van der Waals surface area contributed by atoms with Crippen LogP contribution >= 0.6 is 11.8 Å². The highest BCUT2D eigenvalue weighted by Gasteiger charge is 2.07. The first kappa shape index (κ1) is 15.3. The second-order valence-corrected chi connectivity index (χ2v) is 5.04. The van der Waals surface area contributed by atoms with Crippen LogP contribution in [0.25, 0.3) is 6.08 Å². The smallest absolute Gasteiger partial charge is 0.307 e. The third-order valence-corrected chi connectivity index (χ3v) is 3.10. The summed E-state index contributed by atoms with van der Waals surface area (Å²) in [6.45, 7) is 1.52. The van der Waals surface area contributed by atoms with Crippen LogP contribution in [0.15, 0.2) is 24.3 Å². The van der Waals surface area contributed by atoms with E-state index in [-0.39, 0.29) is 11.5 Å². The van der Waals surface area contributed by atoms with Gasteiger partial charge in [-0.2, -0.15) is 0 Å². The van der Waals surface area contributed by atoms with Gasteiger partial charge in [-0.25, -0.2) is 0 Å². The molecule has 1 N–H and O–H groups in total. The molecule has 102 valence electrons. The molecule has 0 aromatic heterocycles. The zero-order valence-electron chi connectivity index (χ0n) is 10.9. The van der Waals surface area contributed by atoms with Crippen molar-refractivity contribution in [2.45, 2.75) is 13.3 Å². The number of carbonyl (C=O) groups excluding carboxylic acids is 1. The van der Waals surface area contributed by atoms with Gasteiger partial charge >= 0.3 is 5.97 Å². The van der Waals surface area contributed by atoms with Crippen molar-refractivity contribution in [1.82, 2.24) is 0 Å². The highest BCUT2D eigenvalue weighted by atomic mass is 32.2. The molecule has 0 heterocycles. The van der Waals surface area contributed by atoms with Crippen molar-refractivity contribution in [1.29, 1.82) is 0 Å². The minimum atomic E-state index is -0.897. The van der Waals surface area contributed by atoms with Crippen molar-refractivity contribution >= 4 is 28.9 Å².